The van der Waals surface area contributed by atoms with E-state index < -0.39 is 29.4 Å². The van der Waals surface area contributed by atoms with Crippen LogP contribution in [-0.4, -0.2) is 21.2 Å². The van der Waals surface area contributed by atoms with Crippen LogP contribution in [-0.2, 0) is 5.33 Å². The highest BCUT2D eigenvalue weighted by Gasteiger charge is 2.20. The first-order chi connectivity index (χ1) is 6.97. The van der Waals surface area contributed by atoms with Gasteiger partial charge in [0.05, 0.1) is 11.3 Å². The van der Waals surface area contributed by atoms with E-state index in [0.29, 0.717) is 6.07 Å². The normalized spacial score (nSPS) is 10.7. The maximum absolute atomic E-state index is 12.4. The predicted molar refractivity (Wildman–Crippen MR) is 50.4 cm³/mol. The van der Waals surface area contributed by atoms with Gasteiger partial charge in [-0.15, -0.1) is 0 Å². The Hall–Kier alpha value is -1.24. The molecule has 0 saturated heterocycles. The van der Waals surface area contributed by atoms with Crippen LogP contribution in [0.15, 0.2) is 6.07 Å². The van der Waals surface area contributed by atoms with Gasteiger partial charge in [0.2, 0.25) is 0 Å². The van der Waals surface area contributed by atoms with E-state index >= 15 is 0 Å². The number of aromatic nitrogens is 1. The van der Waals surface area contributed by atoms with Gasteiger partial charge in [-0.05, 0) is 6.07 Å². The molecule has 15 heavy (non-hydrogen) atoms. The second kappa shape index (κ2) is 4.52. The molecule has 0 aliphatic heterocycles. The average Bonchev–Trinajstić information content (AvgIpc) is 2.17. The number of carboxylic acid groups (broad SMARTS) is 1. The fourth-order valence-electron chi connectivity index (χ4n) is 0.982. The first-order valence-electron chi connectivity index (χ1n) is 3.77. The monoisotopic (exact) mass is 281 g/mol. The lowest BCUT2D eigenvalue weighted by molar-refractivity contribution is 0.0689. The molecule has 2 N–H and O–H groups in total. The van der Waals surface area contributed by atoms with E-state index in [1.54, 1.807) is 0 Å². The fraction of sp³-hybridized carbons (Fsp3) is 0.250. The number of pyridine rings is 1. The first-order valence-corrected chi connectivity index (χ1v) is 4.89. The summed E-state index contributed by atoms with van der Waals surface area (Å²) in [5, 5.41) is 17.9. The standard InChI is InChI=1S/C8H6BrF2NO3/c9-2-5-6(13)3(7(10)11)1-4(12-5)8(14)15/h1,7,13H,2H2,(H,14,15). The summed E-state index contributed by atoms with van der Waals surface area (Å²) in [4.78, 5) is 14.1. The zero-order chi connectivity index (χ0) is 11.6. The van der Waals surface area contributed by atoms with Gasteiger partial charge in [0, 0.05) is 5.33 Å². The number of alkyl halides is 3. The minimum absolute atomic E-state index is 0.000324. The van der Waals surface area contributed by atoms with Crippen molar-refractivity contribution >= 4 is 21.9 Å². The largest absolute Gasteiger partial charge is 0.505 e. The lowest BCUT2D eigenvalue weighted by Crippen LogP contribution is -2.05. The van der Waals surface area contributed by atoms with Gasteiger partial charge < -0.3 is 10.2 Å². The van der Waals surface area contributed by atoms with Gasteiger partial charge in [-0.2, -0.15) is 0 Å². The van der Waals surface area contributed by atoms with Crippen LogP contribution in [0.4, 0.5) is 8.78 Å². The van der Waals surface area contributed by atoms with Gasteiger partial charge in [-0.1, -0.05) is 15.9 Å². The Kier molecular flexibility index (Phi) is 3.57. The molecule has 7 heteroatoms. The Morgan fingerprint density at radius 2 is 2.20 bits per heavy atom. The highest BCUT2D eigenvalue weighted by atomic mass is 79.9. The van der Waals surface area contributed by atoms with E-state index in [2.05, 4.69) is 20.9 Å². The summed E-state index contributed by atoms with van der Waals surface area (Å²) in [5.41, 5.74) is -1.36. The van der Waals surface area contributed by atoms with E-state index in [1.807, 2.05) is 0 Å². The van der Waals surface area contributed by atoms with Crippen molar-refractivity contribution in [1.29, 1.82) is 0 Å². The molecular formula is C8H6BrF2NO3. The van der Waals surface area contributed by atoms with Gasteiger partial charge >= 0.3 is 5.97 Å². The molecule has 0 radical (unpaired) electrons. The van der Waals surface area contributed by atoms with Crippen LogP contribution in [0.25, 0.3) is 0 Å². The maximum atomic E-state index is 12.4. The van der Waals surface area contributed by atoms with Crippen molar-refractivity contribution in [2.75, 3.05) is 0 Å². The summed E-state index contributed by atoms with van der Waals surface area (Å²) >= 11 is 2.91. The van der Waals surface area contributed by atoms with Crippen molar-refractivity contribution in [2.24, 2.45) is 0 Å². The van der Waals surface area contributed by atoms with Gasteiger partial charge in [-0.25, -0.2) is 18.6 Å². The number of aromatic carboxylic acids is 1. The molecule has 0 atom stereocenters. The van der Waals surface area contributed by atoms with Gasteiger partial charge in [0.25, 0.3) is 6.43 Å². The van der Waals surface area contributed by atoms with Gasteiger partial charge in [-0.3, -0.25) is 0 Å². The molecule has 1 heterocycles. The molecule has 0 fully saturated rings. The van der Waals surface area contributed by atoms with E-state index in [4.69, 9.17) is 5.11 Å². The van der Waals surface area contributed by atoms with Crippen molar-refractivity contribution in [3.63, 3.8) is 0 Å². The minimum Gasteiger partial charge on any atom is -0.505 e. The zero-order valence-corrected chi connectivity index (χ0v) is 8.83. The van der Waals surface area contributed by atoms with Crippen LogP contribution in [0.1, 0.15) is 28.2 Å². The molecule has 82 valence electrons. The molecule has 0 aliphatic rings. The van der Waals surface area contributed by atoms with Crippen molar-refractivity contribution in [1.82, 2.24) is 4.98 Å². The molecule has 0 spiro atoms. The Morgan fingerprint density at radius 1 is 1.60 bits per heavy atom. The Bertz CT molecular complexity index is 398. The number of nitrogens with zero attached hydrogens (tertiary/aromatic N) is 1. The second-order valence-corrected chi connectivity index (χ2v) is 3.19. The Balaban J connectivity index is 3.38. The predicted octanol–water partition coefficient (Wildman–Crippen LogP) is 2.32. The lowest BCUT2D eigenvalue weighted by atomic mass is 10.1. The summed E-state index contributed by atoms with van der Waals surface area (Å²) in [6, 6.07) is 0.661. The number of hydrogen-bond acceptors (Lipinski definition) is 3. The van der Waals surface area contributed by atoms with Crippen LogP contribution >= 0.6 is 15.9 Å². The van der Waals surface area contributed by atoms with E-state index in [9.17, 15) is 18.7 Å². The Morgan fingerprint density at radius 3 is 2.60 bits per heavy atom. The van der Waals surface area contributed by atoms with Crippen molar-refractivity contribution in [2.45, 2.75) is 11.8 Å². The molecule has 1 aromatic heterocycles. The highest BCUT2D eigenvalue weighted by molar-refractivity contribution is 9.08. The number of hydrogen-bond donors (Lipinski definition) is 2. The third-order valence-electron chi connectivity index (χ3n) is 1.68. The smallest absolute Gasteiger partial charge is 0.354 e. The maximum Gasteiger partial charge on any atom is 0.354 e. The van der Waals surface area contributed by atoms with E-state index in [1.165, 1.54) is 0 Å². The van der Waals surface area contributed by atoms with Crippen molar-refractivity contribution in [3.05, 3.63) is 23.0 Å². The molecule has 0 unspecified atom stereocenters. The molecule has 1 rings (SSSR count). The average molecular weight is 282 g/mol. The fourth-order valence-corrected chi connectivity index (χ4v) is 1.37. The first kappa shape index (κ1) is 11.8. The van der Waals surface area contributed by atoms with Crippen molar-refractivity contribution < 1.29 is 23.8 Å². The summed E-state index contributed by atoms with van der Waals surface area (Å²) in [6.45, 7) is 0. The lowest BCUT2D eigenvalue weighted by Gasteiger charge is -2.07. The third kappa shape index (κ3) is 2.41. The Labute approximate surface area is 91.7 Å². The van der Waals surface area contributed by atoms with Gasteiger partial charge in [0.1, 0.15) is 11.4 Å². The highest BCUT2D eigenvalue weighted by Crippen LogP contribution is 2.31. The third-order valence-corrected chi connectivity index (χ3v) is 2.21. The summed E-state index contributed by atoms with van der Waals surface area (Å²) in [7, 11) is 0. The molecule has 4 nitrogen and oxygen atoms in total. The number of carbonyl (C=O) groups is 1. The molecule has 0 aliphatic carbocycles. The minimum atomic E-state index is -2.94. The van der Waals surface area contributed by atoms with E-state index in [-0.39, 0.29) is 11.0 Å². The van der Waals surface area contributed by atoms with Crippen molar-refractivity contribution in [3.8, 4) is 5.75 Å². The quantitative estimate of drug-likeness (QED) is 0.835. The number of halogens is 3. The summed E-state index contributed by atoms with van der Waals surface area (Å²) in [5.74, 6) is -2.09. The number of carboxylic acids is 1. The SMILES string of the molecule is O=C(O)c1cc(C(F)F)c(O)c(CBr)n1. The summed E-state index contributed by atoms with van der Waals surface area (Å²) < 4.78 is 24.8. The zero-order valence-electron chi connectivity index (χ0n) is 7.25. The van der Waals surface area contributed by atoms with Crippen LogP contribution < -0.4 is 0 Å². The number of aromatic hydroxyl groups is 1. The molecule has 1 aromatic rings. The number of rotatable bonds is 3. The molecule has 0 amide bonds. The van der Waals surface area contributed by atoms with Gasteiger partial charge in [0.15, 0.2) is 0 Å². The molecular weight excluding hydrogens is 276 g/mol. The van der Waals surface area contributed by atoms with Crippen LogP contribution in [0, 0.1) is 0 Å². The van der Waals surface area contributed by atoms with Crippen LogP contribution in [0.3, 0.4) is 0 Å². The molecule has 0 bridgehead atoms. The van der Waals surface area contributed by atoms with Crippen LogP contribution in [0.2, 0.25) is 0 Å². The van der Waals surface area contributed by atoms with E-state index in [0.717, 1.165) is 0 Å². The summed E-state index contributed by atoms with van der Waals surface area (Å²) in [6.07, 6.45) is -2.94. The van der Waals surface area contributed by atoms with Crippen LogP contribution in [0.5, 0.6) is 5.75 Å². The molecule has 0 saturated carbocycles. The molecule has 0 aromatic carbocycles. The second-order valence-electron chi connectivity index (χ2n) is 2.63. The topological polar surface area (TPSA) is 70.4 Å².